The molecule has 128 valence electrons. The van der Waals surface area contributed by atoms with Crippen LogP contribution in [0.3, 0.4) is 0 Å². The van der Waals surface area contributed by atoms with E-state index in [1.807, 2.05) is 30.3 Å². The van der Waals surface area contributed by atoms with Crippen LogP contribution in [-0.2, 0) is 20.9 Å². The molecule has 6 heteroatoms. The van der Waals surface area contributed by atoms with Gasteiger partial charge in [0.15, 0.2) is 0 Å². The van der Waals surface area contributed by atoms with Crippen LogP contribution in [0.4, 0.5) is 4.79 Å². The number of nitrogens with one attached hydrogen (secondary N) is 1. The van der Waals surface area contributed by atoms with Crippen LogP contribution >= 0.6 is 0 Å². The predicted molar refractivity (Wildman–Crippen MR) is 85.7 cm³/mol. The topological polar surface area (TPSA) is 84.9 Å². The minimum atomic E-state index is -0.910. The average Bonchev–Trinajstić information content (AvgIpc) is 2.43. The number of aliphatic hydroxyl groups is 1. The first kappa shape index (κ1) is 19.0. The van der Waals surface area contributed by atoms with Crippen LogP contribution in [0, 0.1) is 0 Å². The molecule has 23 heavy (non-hydrogen) atoms. The van der Waals surface area contributed by atoms with Crippen molar-refractivity contribution < 1.29 is 24.2 Å². The third kappa shape index (κ3) is 8.21. The number of esters is 1. The standard InChI is InChI=1S/C17H25NO5/c1-12(19)14(18-16(21)23-17(2,3)4)10-15(20)22-11-13-8-6-5-7-9-13/h5-9,12,14,19H,10-11H2,1-4H3,(H,18,21). The van der Waals surface area contributed by atoms with E-state index in [9.17, 15) is 14.7 Å². The Kier molecular flexibility index (Phi) is 7.03. The first-order chi connectivity index (χ1) is 10.7. The molecule has 1 rings (SSSR count). The summed E-state index contributed by atoms with van der Waals surface area (Å²) in [6.45, 7) is 6.85. The monoisotopic (exact) mass is 323 g/mol. The van der Waals surface area contributed by atoms with Crippen molar-refractivity contribution in [3.63, 3.8) is 0 Å². The smallest absolute Gasteiger partial charge is 0.407 e. The van der Waals surface area contributed by atoms with Crippen molar-refractivity contribution in [2.75, 3.05) is 0 Å². The van der Waals surface area contributed by atoms with E-state index >= 15 is 0 Å². The van der Waals surface area contributed by atoms with Gasteiger partial charge in [-0.3, -0.25) is 4.79 Å². The molecule has 1 amide bonds. The minimum Gasteiger partial charge on any atom is -0.461 e. The van der Waals surface area contributed by atoms with Crippen molar-refractivity contribution >= 4 is 12.1 Å². The largest absolute Gasteiger partial charge is 0.461 e. The molecule has 1 aromatic rings. The highest BCUT2D eigenvalue weighted by atomic mass is 16.6. The molecule has 0 saturated carbocycles. The van der Waals surface area contributed by atoms with Crippen molar-refractivity contribution in [1.82, 2.24) is 5.32 Å². The first-order valence-corrected chi connectivity index (χ1v) is 7.54. The molecule has 0 radical (unpaired) electrons. The third-order valence-electron chi connectivity index (χ3n) is 2.91. The van der Waals surface area contributed by atoms with Gasteiger partial charge < -0.3 is 19.9 Å². The second-order valence-corrected chi connectivity index (χ2v) is 6.34. The molecule has 0 bridgehead atoms. The molecule has 0 heterocycles. The van der Waals surface area contributed by atoms with Gasteiger partial charge in [-0.1, -0.05) is 30.3 Å². The summed E-state index contributed by atoms with van der Waals surface area (Å²) < 4.78 is 10.3. The van der Waals surface area contributed by atoms with Crippen LogP contribution in [0.1, 0.15) is 39.7 Å². The fraction of sp³-hybridized carbons (Fsp3) is 0.529. The lowest BCUT2D eigenvalue weighted by molar-refractivity contribution is -0.146. The van der Waals surface area contributed by atoms with Crippen LogP contribution in [0.2, 0.25) is 0 Å². The Morgan fingerprint density at radius 3 is 2.35 bits per heavy atom. The zero-order chi connectivity index (χ0) is 17.5. The van der Waals surface area contributed by atoms with Crippen molar-refractivity contribution in [3.8, 4) is 0 Å². The van der Waals surface area contributed by atoms with E-state index in [2.05, 4.69) is 5.32 Å². The Balaban J connectivity index is 2.48. The molecule has 0 aliphatic carbocycles. The van der Waals surface area contributed by atoms with Gasteiger partial charge in [0.25, 0.3) is 0 Å². The summed E-state index contributed by atoms with van der Waals surface area (Å²) >= 11 is 0. The fourth-order valence-electron chi connectivity index (χ4n) is 1.78. The SMILES string of the molecule is CC(O)C(CC(=O)OCc1ccccc1)NC(=O)OC(C)(C)C. The maximum absolute atomic E-state index is 11.9. The lowest BCUT2D eigenvalue weighted by Crippen LogP contribution is -2.45. The number of hydrogen-bond acceptors (Lipinski definition) is 5. The maximum Gasteiger partial charge on any atom is 0.407 e. The highest BCUT2D eigenvalue weighted by Crippen LogP contribution is 2.09. The summed E-state index contributed by atoms with van der Waals surface area (Å²) in [5.74, 6) is -0.504. The second kappa shape index (κ2) is 8.53. The van der Waals surface area contributed by atoms with Crippen LogP contribution in [0.5, 0.6) is 0 Å². The van der Waals surface area contributed by atoms with Gasteiger partial charge in [-0.15, -0.1) is 0 Å². The van der Waals surface area contributed by atoms with Crippen LogP contribution in [0.25, 0.3) is 0 Å². The predicted octanol–water partition coefficient (Wildman–Crippen LogP) is 2.39. The van der Waals surface area contributed by atoms with Crippen LogP contribution in [-0.4, -0.2) is 34.9 Å². The number of hydrogen-bond donors (Lipinski definition) is 2. The van der Waals surface area contributed by atoms with Crippen molar-refractivity contribution in [1.29, 1.82) is 0 Å². The molecule has 0 saturated heterocycles. The zero-order valence-electron chi connectivity index (χ0n) is 14.0. The Hall–Kier alpha value is -2.08. The van der Waals surface area contributed by atoms with Gasteiger partial charge in [0.2, 0.25) is 0 Å². The molecule has 0 aliphatic rings. The van der Waals surface area contributed by atoms with Crippen LogP contribution < -0.4 is 5.32 Å². The Morgan fingerprint density at radius 1 is 1.22 bits per heavy atom. The number of amides is 1. The third-order valence-corrected chi connectivity index (χ3v) is 2.91. The lowest BCUT2D eigenvalue weighted by atomic mass is 10.1. The van der Waals surface area contributed by atoms with E-state index < -0.39 is 29.8 Å². The first-order valence-electron chi connectivity index (χ1n) is 7.54. The Bertz CT molecular complexity index is 507. The van der Waals surface area contributed by atoms with E-state index in [1.165, 1.54) is 6.92 Å². The number of aliphatic hydroxyl groups excluding tert-OH is 1. The number of benzene rings is 1. The molecule has 2 N–H and O–H groups in total. The summed E-state index contributed by atoms with van der Waals surface area (Å²) in [6, 6.07) is 8.50. The van der Waals surface area contributed by atoms with E-state index in [0.717, 1.165) is 5.56 Å². The Labute approximate surface area is 136 Å². The fourth-order valence-corrected chi connectivity index (χ4v) is 1.78. The summed E-state index contributed by atoms with van der Waals surface area (Å²) in [5, 5.41) is 12.2. The number of carbonyl (C=O) groups excluding carboxylic acids is 2. The molecule has 0 spiro atoms. The van der Waals surface area contributed by atoms with Gasteiger partial charge in [0.05, 0.1) is 18.6 Å². The zero-order valence-corrected chi connectivity index (χ0v) is 14.0. The normalized spacial score (nSPS) is 13.8. The lowest BCUT2D eigenvalue weighted by Gasteiger charge is -2.24. The Morgan fingerprint density at radius 2 is 1.83 bits per heavy atom. The van der Waals surface area contributed by atoms with Crippen LogP contribution in [0.15, 0.2) is 30.3 Å². The van der Waals surface area contributed by atoms with E-state index in [-0.39, 0.29) is 13.0 Å². The minimum absolute atomic E-state index is 0.135. The maximum atomic E-state index is 11.9. The summed E-state index contributed by atoms with van der Waals surface area (Å²) in [6.07, 6.45) is -1.73. The van der Waals surface area contributed by atoms with E-state index in [4.69, 9.17) is 9.47 Å². The van der Waals surface area contributed by atoms with Crippen molar-refractivity contribution in [2.24, 2.45) is 0 Å². The number of carbonyl (C=O) groups is 2. The number of ether oxygens (including phenoxy) is 2. The molecule has 2 unspecified atom stereocenters. The molecular formula is C17H25NO5. The van der Waals surface area contributed by atoms with Gasteiger partial charge in [-0.25, -0.2) is 4.79 Å². The van der Waals surface area contributed by atoms with Gasteiger partial charge in [-0.05, 0) is 33.3 Å². The molecule has 0 aromatic heterocycles. The van der Waals surface area contributed by atoms with E-state index in [1.54, 1.807) is 20.8 Å². The number of rotatable bonds is 6. The highest BCUT2D eigenvalue weighted by molar-refractivity contribution is 5.73. The summed E-state index contributed by atoms with van der Waals surface area (Å²) in [5.41, 5.74) is 0.218. The molecule has 0 aliphatic heterocycles. The molecule has 2 atom stereocenters. The van der Waals surface area contributed by atoms with Gasteiger partial charge in [-0.2, -0.15) is 0 Å². The van der Waals surface area contributed by atoms with Crippen molar-refractivity contribution in [2.45, 2.75) is 58.5 Å². The molecule has 6 nitrogen and oxygen atoms in total. The van der Waals surface area contributed by atoms with Crippen molar-refractivity contribution in [3.05, 3.63) is 35.9 Å². The molecule has 0 fully saturated rings. The quantitative estimate of drug-likeness (QED) is 0.785. The second-order valence-electron chi connectivity index (χ2n) is 6.34. The molecule has 1 aromatic carbocycles. The van der Waals surface area contributed by atoms with Gasteiger partial charge in [0, 0.05) is 0 Å². The van der Waals surface area contributed by atoms with E-state index in [0.29, 0.717) is 0 Å². The van der Waals surface area contributed by atoms with Gasteiger partial charge in [0.1, 0.15) is 12.2 Å². The average molecular weight is 323 g/mol. The summed E-state index contributed by atoms with van der Waals surface area (Å²) in [7, 11) is 0. The summed E-state index contributed by atoms with van der Waals surface area (Å²) in [4.78, 5) is 23.6. The number of alkyl carbamates (subject to hydrolysis) is 1. The van der Waals surface area contributed by atoms with Gasteiger partial charge >= 0.3 is 12.1 Å². The highest BCUT2D eigenvalue weighted by Gasteiger charge is 2.25. The molecular weight excluding hydrogens is 298 g/mol.